The Morgan fingerprint density at radius 1 is 1.36 bits per heavy atom. The lowest BCUT2D eigenvalue weighted by Crippen LogP contribution is -2.02. The molecule has 0 atom stereocenters. The molecule has 4 nitrogen and oxygen atoms in total. The molecule has 0 bridgehead atoms. The van der Waals surface area contributed by atoms with Crippen molar-refractivity contribution in [3.05, 3.63) is 18.0 Å². The topological polar surface area (TPSA) is 77.8 Å². The number of hydrogen-bond acceptors (Lipinski definition) is 4. The molecule has 0 unspecified atom stereocenters. The van der Waals surface area contributed by atoms with Crippen LogP contribution in [0.4, 0.5) is 5.95 Å². The minimum absolute atomic E-state index is 0. The van der Waals surface area contributed by atoms with Gasteiger partial charge in [-0.1, -0.05) is 0 Å². The van der Waals surface area contributed by atoms with Gasteiger partial charge in [0.1, 0.15) is 0 Å². The predicted molar refractivity (Wildman–Crippen MR) is 48.8 cm³/mol. The molecule has 1 heterocycles. The van der Waals surface area contributed by atoms with Crippen LogP contribution in [0.5, 0.6) is 0 Å². The van der Waals surface area contributed by atoms with Gasteiger partial charge in [0.2, 0.25) is 5.95 Å². The molecule has 1 aromatic rings. The fourth-order valence-corrected chi connectivity index (χ4v) is 0.527. The lowest BCUT2D eigenvalue weighted by atomic mass is 10.4. The van der Waals surface area contributed by atoms with Crippen molar-refractivity contribution in [3.8, 4) is 0 Å². The van der Waals surface area contributed by atoms with Crippen molar-refractivity contribution >= 4 is 30.8 Å². The second kappa shape index (κ2) is 6.15. The summed E-state index contributed by atoms with van der Waals surface area (Å²) in [5, 5.41) is 0. The van der Waals surface area contributed by atoms with E-state index in [1.165, 1.54) is 0 Å². The number of aromatic nitrogens is 2. The van der Waals surface area contributed by atoms with E-state index in [4.69, 9.17) is 11.5 Å². The van der Waals surface area contributed by atoms with Crippen LogP contribution in [0.1, 0.15) is 5.69 Å². The third kappa shape index (κ3) is 3.98. The van der Waals surface area contributed by atoms with E-state index in [1.807, 2.05) is 0 Å². The van der Waals surface area contributed by atoms with E-state index in [0.717, 1.165) is 5.69 Å². The highest BCUT2D eigenvalue weighted by molar-refractivity contribution is 5.85. The van der Waals surface area contributed by atoms with Crippen LogP contribution in [0.3, 0.4) is 0 Å². The molecule has 0 radical (unpaired) electrons. The maximum atomic E-state index is 5.27. The first-order valence-electron chi connectivity index (χ1n) is 2.60. The van der Waals surface area contributed by atoms with Crippen LogP contribution in [-0.2, 0) is 6.54 Å². The molecule has 0 aromatic carbocycles. The van der Waals surface area contributed by atoms with Crippen LogP contribution in [0, 0.1) is 0 Å². The van der Waals surface area contributed by atoms with E-state index in [1.54, 1.807) is 12.3 Å². The second-order valence-electron chi connectivity index (χ2n) is 1.61. The van der Waals surface area contributed by atoms with Crippen molar-refractivity contribution in [1.29, 1.82) is 0 Å². The summed E-state index contributed by atoms with van der Waals surface area (Å²) in [4.78, 5) is 7.53. The fourth-order valence-electron chi connectivity index (χ4n) is 0.527. The average Bonchev–Trinajstić information content (AvgIpc) is 1.88. The predicted octanol–water partition coefficient (Wildman–Crippen LogP) is 0.361. The molecule has 64 valence electrons. The van der Waals surface area contributed by atoms with E-state index >= 15 is 0 Å². The van der Waals surface area contributed by atoms with E-state index in [0.29, 0.717) is 6.54 Å². The number of anilines is 1. The third-order valence-electron chi connectivity index (χ3n) is 0.941. The van der Waals surface area contributed by atoms with E-state index < -0.39 is 0 Å². The zero-order valence-electron chi connectivity index (χ0n) is 5.73. The van der Waals surface area contributed by atoms with Crippen LogP contribution in [0.25, 0.3) is 0 Å². The van der Waals surface area contributed by atoms with Gasteiger partial charge in [-0.3, -0.25) is 0 Å². The zero-order chi connectivity index (χ0) is 6.69. The van der Waals surface area contributed by atoms with Crippen LogP contribution in [-0.4, -0.2) is 9.97 Å². The molecule has 6 heteroatoms. The van der Waals surface area contributed by atoms with Gasteiger partial charge in [0.15, 0.2) is 0 Å². The van der Waals surface area contributed by atoms with Crippen molar-refractivity contribution in [2.45, 2.75) is 6.54 Å². The minimum atomic E-state index is 0. The number of rotatable bonds is 1. The standard InChI is InChI=1S/C5H8N4.2ClH/c6-3-4-1-2-8-5(7)9-4;;/h1-2H,3,6H2,(H2,7,8,9);2*1H. The van der Waals surface area contributed by atoms with Gasteiger partial charge in [-0.25, -0.2) is 9.97 Å². The van der Waals surface area contributed by atoms with Gasteiger partial charge < -0.3 is 11.5 Å². The quantitative estimate of drug-likeness (QED) is 0.681. The Hall–Kier alpha value is -0.580. The molecule has 1 aromatic heterocycles. The fraction of sp³-hybridized carbons (Fsp3) is 0.200. The van der Waals surface area contributed by atoms with Gasteiger partial charge in [0.25, 0.3) is 0 Å². The number of nitrogens with two attached hydrogens (primary N) is 2. The van der Waals surface area contributed by atoms with Crippen LogP contribution in [0.15, 0.2) is 12.3 Å². The Labute approximate surface area is 77.2 Å². The first-order valence-corrected chi connectivity index (χ1v) is 2.60. The van der Waals surface area contributed by atoms with Crippen molar-refractivity contribution in [2.24, 2.45) is 5.73 Å². The molecule has 0 saturated carbocycles. The third-order valence-corrected chi connectivity index (χ3v) is 0.941. The van der Waals surface area contributed by atoms with Crippen LogP contribution in [0.2, 0.25) is 0 Å². The number of nitrogen functional groups attached to an aromatic ring is 1. The molecule has 4 N–H and O–H groups in total. The first kappa shape index (κ1) is 13.0. The number of halogens is 2. The van der Waals surface area contributed by atoms with Gasteiger partial charge >= 0.3 is 0 Å². The lowest BCUT2D eigenvalue weighted by Gasteiger charge is -1.93. The summed E-state index contributed by atoms with van der Waals surface area (Å²) in [5.41, 5.74) is 11.3. The molecular formula is C5H10Cl2N4. The van der Waals surface area contributed by atoms with E-state index in [9.17, 15) is 0 Å². The average molecular weight is 197 g/mol. The molecule has 0 amide bonds. The van der Waals surface area contributed by atoms with Gasteiger partial charge in [-0.15, -0.1) is 24.8 Å². The normalized spacial score (nSPS) is 7.73. The maximum Gasteiger partial charge on any atom is 0.220 e. The second-order valence-corrected chi connectivity index (χ2v) is 1.61. The van der Waals surface area contributed by atoms with Crippen molar-refractivity contribution in [1.82, 2.24) is 9.97 Å². The summed E-state index contributed by atoms with van der Waals surface area (Å²) in [6.45, 7) is 0.409. The Morgan fingerprint density at radius 3 is 2.36 bits per heavy atom. The Balaban J connectivity index is 0. The smallest absolute Gasteiger partial charge is 0.220 e. The lowest BCUT2D eigenvalue weighted by molar-refractivity contribution is 0.972. The Kier molecular flexibility index (Phi) is 7.29. The molecule has 0 fully saturated rings. The summed E-state index contributed by atoms with van der Waals surface area (Å²) in [7, 11) is 0. The molecular weight excluding hydrogens is 187 g/mol. The van der Waals surface area contributed by atoms with Crippen molar-refractivity contribution in [2.75, 3.05) is 5.73 Å². The van der Waals surface area contributed by atoms with E-state index in [-0.39, 0.29) is 30.8 Å². The van der Waals surface area contributed by atoms with E-state index in [2.05, 4.69) is 9.97 Å². The van der Waals surface area contributed by atoms with Gasteiger partial charge in [0.05, 0.1) is 5.69 Å². The minimum Gasteiger partial charge on any atom is -0.368 e. The molecule has 0 aliphatic carbocycles. The highest BCUT2D eigenvalue weighted by atomic mass is 35.5. The maximum absolute atomic E-state index is 5.27. The molecule has 0 aliphatic rings. The van der Waals surface area contributed by atoms with Crippen LogP contribution < -0.4 is 11.5 Å². The highest BCUT2D eigenvalue weighted by Crippen LogP contribution is 1.92. The van der Waals surface area contributed by atoms with Crippen molar-refractivity contribution in [3.63, 3.8) is 0 Å². The Bertz CT molecular complexity index is 205. The van der Waals surface area contributed by atoms with Gasteiger partial charge in [-0.05, 0) is 6.07 Å². The summed E-state index contributed by atoms with van der Waals surface area (Å²) in [6.07, 6.45) is 1.59. The van der Waals surface area contributed by atoms with Crippen molar-refractivity contribution < 1.29 is 0 Å². The highest BCUT2D eigenvalue weighted by Gasteiger charge is 1.89. The summed E-state index contributed by atoms with van der Waals surface area (Å²) in [5.74, 6) is 0.276. The Morgan fingerprint density at radius 2 is 2.00 bits per heavy atom. The number of nitrogens with zero attached hydrogens (tertiary/aromatic N) is 2. The molecule has 0 saturated heterocycles. The molecule has 11 heavy (non-hydrogen) atoms. The monoisotopic (exact) mass is 196 g/mol. The molecule has 0 spiro atoms. The molecule has 1 rings (SSSR count). The number of hydrogen-bond donors (Lipinski definition) is 2. The van der Waals surface area contributed by atoms with Crippen LogP contribution >= 0.6 is 24.8 Å². The summed E-state index contributed by atoms with van der Waals surface area (Å²) < 4.78 is 0. The molecule has 0 aliphatic heterocycles. The largest absolute Gasteiger partial charge is 0.368 e. The van der Waals surface area contributed by atoms with Gasteiger partial charge in [-0.2, -0.15) is 0 Å². The first-order chi connectivity index (χ1) is 4.33. The summed E-state index contributed by atoms with van der Waals surface area (Å²) in [6, 6.07) is 1.73. The zero-order valence-corrected chi connectivity index (χ0v) is 7.36. The SMILES string of the molecule is Cl.Cl.NCc1ccnc(N)n1. The summed E-state index contributed by atoms with van der Waals surface area (Å²) >= 11 is 0. The van der Waals surface area contributed by atoms with Gasteiger partial charge in [0, 0.05) is 12.7 Å².